The molecule has 0 aromatic carbocycles. The Labute approximate surface area is 121 Å². The van der Waals surface area contributed by atoms with Gasteiger partial charge in [0.15, 0.2) is 0 Å². The molecule has 3 N–H and O–H groups in total. The number of nitrogens with one attached hydrogen (secondary N) is 3. The summed E-state index contributed by atoms with van der Waals surface area (Å²) in [7, 11) is -3.52. The topological polar surface area (TPSA) is 86.9 Å². The molecule has 1 heterocycles. The predicted octanol–water partition coefficient (Wildman–Crippen LogP) is 1.68. The third-order valence-corrected chi connectivity index (χ3v) is 4.91. The van der Waals surface area contributed by atoms with Crippen LogP contribution in [0.2, 0.25) is 0 Å². The van der Waals surface area contributed by atoms with E-state index >= 15 is 0 Å². The highest BCUT2D eigenvalue weighted by molar-refractivity contribution is 7.89. The second-order valence-corrected chi connectivity index (χ2v) is 6.72. The number of sulfonamides is 1. The van der Waals surface area contributed by atoms with Crippen molar-refractivity contribution in [1.29, 1.82) is 0 Å². The average molecular weight is 302 g/mol. The van der Waals surface area contributed by atoms with Gasteiger partial charge in [-0.15, -0.1) is 0 Å². The first-order valence-electron chi connectivity index (χ1n) is 7.19. The summed E-state index contributed by atoms with van der Waals surface area (Å²) in [6, 6.07) is -0.0683. The van der Waals surface area contributed by atoms with E-state index in [0.29, 0.717) is 17.9 Å². The lowest BCUT2D eigenvalue weighted by atomic mass is 10.2. The number of aryl methyl sites for hydroxylation is 1. The Morgan fingerprint density at radius 3 is 2.65 bits per heavy atom. The smallest absolute Gasteiger partial charge is 0.244 e. The van der Waals surface area contributed by atoms with Crippen molar-refractivity contribution in [3.8, 4) is 0 Å². The van der Waals surface area contributed by atoms with Gasteiger partial charge >= 0.3 is 0 Å². The van der Waals surface area contributed by atoms with E-state index < -0.39 is 10.0 Å². The fourth-order valence-electron chi connectivity index (χ4n) is 2.08. The van der Waals surface area contributed by atoms with Gasteiger partial charge in [-0.1, -0.05) is 26.7 Å². The third-order valence-electron chi connectivity index (χ3n) is 3.12. The van der Waals surface area contributed by atoms with Crippen molar-refractivity contribution >= 4 is 10.0 Å². The Hall–Kier alpha value is -0.920. The first-order valence-corrected chi connectivity index (χ1v) is 8.67. The number of hydrogen-bond donors (Lipinski definition) is 3. The van der Waals surface area contributed by atoms with Crippen LogP contribution in [0.3, 0.4) is 0 Å². The molecule has 1 aromatic heterocycles. The molecule has 1 aromatic rings. The fourth-order valence-corrected chi connectivity index (χ4v) is 3.72. The van der Waals surface area contributed by atoms with Crippen molar-refractivity contribution in [1.82, 2.24) is 20.2 Å². The molecule has 0 aliphatic carbocycles. The second-order valence-electron chi connectivity index (χ2n) is 5.07. The van der Waals surface area contributed by atoms with Gasteiger partial charge in [0, 0.05) is 12.6 Å². The molecule has 1 unspecified atom stereocenters. The number of aromatic nitrogens is 2. The number of nitrogens with zero attached hydrogens (tertiary/aromatic N) is 1. The Balaban J connectivity index is 2.88. The minimum absolute atomic E-state index is 0.0683. The lowest BCUT2D eigenvalue weighted by Crippen LogP contribution is -2.33. The minimum Gasteiger partial charge on any atom is -0.311 e. The zero-order chi connectivity index (χ0) is 15.2. The number of hydrogen-bond acceptors (Lipinski definition) is 4. The van der Waals surface area contributed by atoms with E-state index in [9.17, 15) is 8.42 Å². The van der Waals surface area contributed by atoms with Crippen molar-refractivity contribution in [2.75, 3.05) is 6.54 Å². The van der Waals surface area contributed by atoms with Gasteiger partial charge in [-0.2, -0.15) is 5.10 Å². The zero-order valence-electron chi connectivity index (χ0n) is 12.8. The molecule has 116 valence electrons. The molecule has 1 rings (SSSR count). The maximum Gasteiger partial charge on any atom is 0.244 e. The Morgan fingerprint density at radius 2 is 2.05 bits per heavy atom. The standard InChI is InChI=1S/C13H26N4O2S/c1-5-7-8-10(3)17-20(18,19)13-11(4)15-16-12(13)9-14-6-2/h10,14,17H,5-9H2,1-4H3,(H,15,16). The Bertz CT molecular complexity index is 510. The lowest BCUT2D eigenvalue weighted by Gasteiger charge is -2.14. The maximum absolute atomic E-state index is 12.5. The van der Waals surface area contributed by atoms with E-state index in [4.69, 9.17) is 0 Å². The molecule has 0 radical (unpaired) electrons. The summed E-state index contributed by atoms with van der Waals surface area (Å²) >= 11 is 0. The van der Waals surface area contributed by atoms with Crippen molar-refractivity contribution < 1.29 is 8.42 Å². The van der Waals surface area contributed by atoms with Gasteiger partial charge in [0.25, 0.3) is 0 Å². The Morgan fingerprint density at radius 1 is 1.35 bits per heavy atom. The second kappa shape index (κ2) is 7.75. The number of H-pyrrole nitrogens is 1. The molecule has 0 amide bonds. The van der Waals surface area contributed by atoms with E-state index in [2.05, 4.69) is 27.2 Å². The first kappa shape index (κ1) is 17.1. The molecule has 0 aliphatic heterocycles. The molecule has 0 aliphatic rings. The lowest BCUT2D eigenvalue weighted by molar-refractivity contribution is 0.532. The third kappa shape index (κ3) is 4.57. The van der Waals surface area contributed by atoms with Crippen LogP contribution in [0.4, 0.5) is 0 Å². The highest BCUT2D eigenvalue weighted by Gasteiger charge is 2.25. The van der Waals surface area contributed by atoms with Crippen LogP contribution < -0.4 is 10.0 Å². The van der Waals surface area contributed by atoms with Gasteiger partial charge in [-0.3, -0.25) is 5.10 Å². The van der Waals surface area contributed by atoms with Gasteiger partial charge in [0.2, 0.25) is 10.0 Å². The molecule has 1 atom stereocenters. The SMILES string of the molecule is CCCCC(C)NS(=O)(=O)c1c(CNCC)n[nH]c1C. The monoisotopic (exact) mass is 302 g/mol. The summed E-state index contributed by atoms with van der Waals surface area (Å²) in [4.78, 5) is 0.279. The van der Waals surface area contributed by atoms with Crippen LogP contribution in [-0.4, -0.2) is 31.2 Å². The van der Waals surface area contributed by atoms with Crippen LogP contribution in [-0.2, 0) is 16.6 Å². The van der Waals surface area contributed by atoms with Crippen LogP contribution >= 0.6 is 0 Å². The largest absolute Gasteiger partial charge is 0.311 e. The fraction of sp³-hybridized carbons (Fsp3) is 0.769. The van der Waals surface area contributed by atoms with Crippen LogP contribution in [0.5, 0.6) is 0 Å². The summed E-state index contributed by atoms with van der Waals surface area (Å²) in [5.74, 6) is 0. The molecule has 0 saturated carbocycles. The molecule has 20 heavy (non-hydrogen) atoms. The molecule has 0 bridgehead atoms. The van der Waals surface area contributed by atoms with E-state index in [-0.39, 0.29) is 10.9 Å². The van der Waals surface area contributed by atoms with Crippen LogP contribution in [0.15, 0.2) is 4.90 Å². The van der Waals surface area contributed by atoms with E-state index in [0.717, 1.165) is 25.8 Å². The van der Waals surface area contributed by atoms with Gasteiger partial charge in [0.05, 0.1) is 11.4 Å². The predicted molar refractivity (Wildman–Crippen MR) is 80.0 cm³/mol. The highest BCUT2D eigenvalue weighted by Crippen LogP contribution is 2.18. The van der Waals surface area contributed by atoms with E-state index in [1.54, 1.807) is 6.92 Å². The molecule has 6 nitrogen and oxygen atoms in total. The summed E-state index contributed by atoms with van der Waals surface area (Å²) in [6.07, 6.45) is 2.91. The van der Waals surface area contributed by atoms with E-state index in [1.165, 1.54) is 0 Å². The van der Waals surface area contributed by atoms with Gasteiger partial charge in [0.1, 0.15) is 4.90 Å². The maximum atomic E-state index is 12.5. The zero-order valence-corrected chi connectivity index (χ0v) is 13.6. The van der Waals surface area contributed by atoms with Crippen LogP contribution in [0.25, 0.3) is 0 Å². The normalized spacial score (nSPS) is 13.6. The molecule has 7 heteroatoms. The van der Waals surface area contributed by atoms with E-state index in [1.807, 2.05) is 13.8 Å². The van der Waals surface area contributed by atoms with Crippen molar-refractivity contribution in [3.05, 3.63) is 11.4 Å². The number of aromatic amines is 1. The average Bonchev–Trinajstić information content (AvgIpc) is 2.75. The number of rotatable bonds is 9. The first-order chi connectivity index (χ1) is 9.42. The molecule has 0 spiro atoms. The van der Waals surface area contributed by atoms with Crippen LogP contribution in [0, 0.1) is 6.92 Å². The van der Waals surface area contributed by atoms with Gasteiger partial charge in [-0.05, 0) is 26.8 Å². The van der Waals surface area contributed by atoms with Gasteiger partial charge < -0.3 is 5.32 Å². The molecule has 0 fully saturated rings. The Kier molecular flexibility index (Phi) is 6.64. The number of unbranched alkanes of at least 4 members (excludes halogenated alkanes) is 1. The summed E-state index contributed by atoms with van der Waals surface area (Å²) < 4.78 is 27.7. The van der Waals surface area contributed by atoms with Crippen LogP contribution in [0.1, 0.15) is 51.4 Å². The highest BCUT2D eigenvalue weighted by atomic mass is 32.2. The van der Waals surface area contributed by atoms with Crippen molar-refractivity contribution in [2.24, 2.45) is 0 Å². The summed E-state index contributed by atoms with van der Waals surface area (Å²) in [5, 5.41) is 9.95. The summed E-state index contributed by atoms with van der Waals surface area (Å²) in [6.45, 7) is 8.90. The molecule has 0 saturated heterocycles. The van der Waals surface area contributed by atoms with Crippen molar-refractivity contribution in [3.63, 3.8) is 0 Å². The summed E-state index contributed by atoms with van der Waals surface area (Å²) in [5.41, 5.74) is 1.12. The van der Waals surface area contributed by atoms with Crippen molar-refractivity contribution in [2.45, 2.75) is 64.4 Å². The minimum atomic E-state index is -3.52. The molecular formula is C13H26N4O2S. The molecular weight excluding hydrogens is 276 g/mol. The van der Waals surface area contributed by atoms with Gasteiger partial charge in [-0.25, -0.2) is 13.1 Å². The quantitative estimate of drug-likeness (QED) is 0.648.